The highest BCUT2D eigenvalue weighted by Crippen LogP contribution is 2.27. The highest BCUT2D eigenvalue weighted by Gasteiger charge is 2.25. The smallest absolute Gasteiger partial charge is 0.342 e. The van der Waals surface area contributed by atoms with E-state index in [4.69, 9.17) is 5.11 Å². The fourth-order valence-corrected chi connectivity index (χ4v) is 1.40. The van der Waals surface area contributed by atoms with Gasteiger partial charge in [-0.1, -0.05) is 0 Å². The molecule has 0 spiro atoms. The van der Waals surface area contributed by atoms with Crippen molar-refractivity contribution in [3.05, 3.63) is 33.4 Å². The molecule has 0 atom stereocenters. The number of rotatable bonds is 4. The molecule has 8 heteroatoms. The Morgan fingerprint density at radius 3 is 2.39 bits per heavy atom. The second-order valence-electron chi connectivity index (χ2n) is 3.22. The van der Waals surface area contributed by atoms with E-state index in [1.54, 1.807) is 0 Å². The van der Waals surface area contributed by atoms with E-state index in [0.29, 0.717) is 0 Å². The number of esters is 1. The SMILES string of the molecule is CNc1cc(C(=O)O)c([N+](=O)[O-])cc1C(=O)OC. The molecule has 0 heterocycles. The minimum atomic E-state index is -1.45. The van der Waals surface area contributed by atoms with E-state index in [2.05, 4.69) is 10.1 Å². The zero-order valence-corrected chi connectivity index (χ0v) is 9.59. The Bertz CT molecular complexity index is 525. The number of nitro benzene ring substituents is 1. The van der Waals surface area contributed by atoms with Crippen LogP contribution in [0, 0.1) is 10.1 Å². The predicted molar refractivity (Wildman–Crippen MR) is 60.9 cm³/mol. The molecule has 0 aliphatic carbocycles. The average Bonchev–Trinajstić information content (AvgIpc) is 2.35. The number of nitro groups is 1. The predicted octanol–water partition coefficient (Wildman–Crippen LogP) is 1.12. The van der Waals surface area contributed by atoms with Crippen LogP contribution in [0.15, 0.2) is 12.1 Å². The number of carboxylic acids is 1. The van der Waals surface area contributed by atoms with Crippen molar-refractivity contribution in [1.29, 1.82) is 0 Å². The topological polar surface area (TPSA) is 119 Å². The quantitative estimate of drug-likeness (QED) is 0.469. The van der Waals surface area contributed by atoms with Crippen LogP contribution in [0.4, 0.5) is 11.4 Å². The maximum atomic E-state index is 11.4. The molecule has 0 aromatic heterocycles. The van der Waals surface area contributed by atoms with Crippen LogP contribution in [-0.4, -0.2) is 36.1 Å². The molecule has 2 N–H and O–H groups in total. The third-order valence-corrected chi connectivity index (χ3v) is 2.24. The van der Waals surface area contributed by atoms with Crippen LogP contribution in [0.5, 0.6) is 0 Å². The summed E-state index contributed by atoms with van der Waals surface area (Å²) < 4.78 is 4.46. The van der Waals surface area contributed by atoms with Gasteiger partial charge in [-0.25, -0.2) is 9.59 Å². The summed E-state index contributed by atoms with van der Waals surface area (Å²) in [7, 11) is 2.58. The maximum Gasteiger partial charge on any atom is 0.342 e. The minimum Gasteiger partial charge on any atom is -0.477 e. The number of nitrogens with zero attached hydrogens (tertiary/aromatic N) is 1. The van der Waals surface area contributed by atoms with Crippen LogP contribution in [0.3, 0.4) is 0 Å². The van der Waals surface area contributed by atoms with Crippen molar-refractivity contribution in [3.63, 3.8) is 0 Å². The lowest BCUT2D eigenvalue weighted by Gasteiger charge is -2.08. The van der Waals surface area contributed by atoms with Crippen molar-refractivity contribution in [3.8, 4) is 0 Å². The first-order chi connectivity index (χ1) is 8.42. The summed E-state index contributed by atoms with van der Waals surface area (Å²) >= 11 is 0. The fraction of sp³-hybridized carbons (Fsp3) is 0.200. The number of carbonyl (C=O) groups is 2. The Balaban J connectivity index is 3.56. The van der Waals surface area contributed by atoms with Gasteiger partial charge in [-0.3, -0.25) is 10.1 Å². The van der Waals surface area contributed by atoms with Crippen molar-refractivity contribution in [2.45, 2.75) is 0 Å². The normalized spacial score (nSPS) is 9.67. The van der Waals surface area contributed by atoms with Crippen LogP contribution in [0.25, 0.3) is 0 Å². The number of hydrogen-bond donors (Lipinski definition) is 2. The van der Waals surface area contributed by atoms with Crippen LogP contribution in [0.2, 0.25) is 0 Å². The van der Waals surface area contributed by atoms with Crippen molar-refractivity contribution < 1.29 is 24.4 Å². The van der Waals surface area contributed by atoms with E-state index in [9.17, 15) is 19.7 Å². The Morgan fingerprint density at radius 2 is 2.00 bits per heavy atom. The van der Waals surface area contributed by atoms with Crippen molar-refractivity contribution in [2.24, 2.45) is 0 Å². The van der Waals surface area contributed by atoms with Gasteiger partial charge in [0.2, 0.25) is 0 Å². The molecule has 0 fully saturated rings. The summed E-state index contributed by atoms with van der Waals surface area (Å²) in [6.45, 7) is 0. The molecule has 0 saturated carbocycles. The summed E-state index contributed by atoms with van der Waals surface area (Å²) in [4.78, 5) is 32.2. The molecule has 96 valence electrons. The number of carbonyl (C=O) groups excluding carboxylic acids is 1. The molecular formula is C10H10N2O6. The molecule has 0 radical (unpaired) electrons. The van der Waals surface area contributed by atoms with E-state index in [1.165, 1.54) is 7.05 Å². The molecule has 0 bridgehead atoms. The van der Waals surface area contributed by atoms with E-state index >= 15 is 0 Å². The Hall–Kier alpha value is -2.64. The molecule has 1 aromatic carbocycles. The minimum absolute atomic E-state index is 0.100. The highest BCUT2D eigenvalue weighted by atomic mass is 16.6. The fourth-order valence-electron chi connectivity index (χ4n) is 1.40. The number of ether oxygens (including phenoxy) is 1. The molecule has 1 aromatic rings. The lowest BCUT2D eigenvalue weighted by molar-refractivity contribution is -0.385. The number of anilines is 1. The average molecular weight is 254 g/mol. The molecule has 18 heavy (non-hydrogen) atoms. The first-order valence-corrected chi connectivity index (χ1v) is 4.74. The number of carboxylic acid groups (broad SMARTS) is 1. The molecule has 0 aliphatic rings. The Kier molecular flexibility index (Phi) is 3.82. The molecule has 0 saturated heterocycles. The van der Waals surface area contributed by atoms with Gasteiger partial charge in [-0.15, -0.1) is 0 Å². The Morgan fingerprint density at radius 1 is 1.39 bits per heavy atom. The Labute approximate surface area is 101 Å². The monoisotopic (exact) mass is 254 g/mol. The van der Waals surface area contributed by atoms with Crippen molar-refractivity contribution >= 4 is 23.3 Å². The van der Waals surface area contributed by atoms with Gasteiger partial charge in [0, 0.05) is 18.8 Å². The molecular weight excluding hydrogens is 244 g/mol. The number of aromatic carboxylic acids is 1. The zero-order valence-electron chi connectivity index (χ0n) is 9.59. The van der Waals surface area contributed by atoms with Crippen LogP contribution >= 0.6 is 0 Å². The van der Waals surface area contributed by atoms with Crippen LogP contribution < -0.4 is 5.32 Å². The van der Waals surface area contributed by atoms with E-state index < -0.39 is 28.1 Å². The van der Waals surface area contributed by atoms with Gasteiger partial charge in [-0.2, -0.15) is 0 Å². The van der Waals surface area contributed by atoms with Crippen LogP contribution in [-0.2, 0) is 4.74 Å². The largest absolute Gasteiger partial charge is 0.477 e. The van der Waals surface area contributed by atoms with E-state index in [0.717, 1.165) is 19.2 Å². The highest BCUT2D eigenvalue weighted by molar-refractivity contribution is 6.01. The van der Waals surface area contributed by atoms with Gasteiger partial charge in [0.25, 0.3) is 5.69 Å². The summed E-state index contributed by atoms with van der Waals surface area (Å²) in [5.41, 5.74) is -1.12. The lowest BCUT2D eigenvalue weighted by atomic mass is 10.1. The summed E-state index contributed by atoms with van der Waals surface area (Å²) in [5.74, 6) is -2.24. The van der Waals surface area contributed by atoms with Crippen molar-refractivity contribution in [2.75, 3.05) is 19.5 Å². The number of hydrogen-bond acceptors (Lipinski definition) is 6. The number of nitrogens with one attached hydrogen (secondary N) is 1. The molecule has 1 rings (SSSR count). The molecule has 0 unspecified atom stereocenters. The van der Waals surface area contributed by atoms with Crippen molar-refractivity contribution in [1.82, 2.24) is 0 Å². The van der Waals surface area contributed by atoms with Gasteiger partial charge in [-0.05, 0) is 6.07 Å². The molecule has 0 amide bonds. The molecule has 8 nitrogen and oxygen atoms in total. The number of benzene rings is 1. The summed E-state index contributed by atoms with van der Waals surface area (Å²) in [6.07, 6.45) is 0. The standard InChI is InChI=1S/C10H10N2O6/c1-11-7-3-6(9(13)14)8(12(16)17)4-5(7)10(15)18-2/h3-4,11H,1-2H3,(H,13,14). The second kappa shape index (κ2) is 5.13. The number of methoxy groups -OCH3 is 1. The first-order valence-electron chi connectivity index (χ1n) is 4.74. The van der Waals surface area contributed by atoms with Crippen LogP contribution in [0.1, 0.15) is 20.7 Å². The second-order valence-corrected chi connectivity index (χ2v) is 3.22. The summed E-state index contributed by atoms with van der Waals surface area (Å²) in [5, 5.41) is 22.2. The van der Waals surface area contributed by atoms with Gasteiger partial charge >= 0.3 is 11.9 Å². The molecule has 0 aliphatic heterocycles. The van der Waals surface area contributed by atoms with Gasteiger partial charge < -0.3 is 15.2 Å². The van der Waals surface area contributed by atoms with Gasteiger partial charge in [0.15, 0.2) is 0 Å². The first kappa shape index (κ1) is 13.4. The third kappa shape index (κ3) is 2.37. The maximum absolute atomic E-state index is 11.4. The summed E-state index contributed by atoms with van der Waals surface area (Å²) in [6, 6.07) is 1.90. The van der Waals surface area contributed by atoms with Gasteiger partial charge in [0.05, 0.1) is 17.6 Å². The lowest BCUT2D eigenvalue weighted by Crippen LogP contribution is -2.10. The van der Waals surface area contributed by atoms with Gasteiger partial charge in [0.1, 0.15) is 5.56 Å². The third-order valence-electron chi connectivity index (χ3n) is 2.24. The van der Waals surface area contributed by atoms with E-state index in [1.807, 2.05) is 0 Å². The van der Waals surface area contributed by atoms with E-state index in [-0.39, 0.29) is 11.3 Å². The zero-order chi connectivity index (χ0) is 13.9.